The van der Waals surface area contributed by atoms with Crippen LogP contribution < -0.4 is 0 Å². The third kappa shape index (κ3) is 9.13. The van der Waals surface area contributed by atoms with Crippen molar-refractivity contribution < 1.29 is 14.3 Å². The molecule has 1 aromatic heterocycles. The van der Waals surface area contributed by atoms with Crippen LogP contribution in [0, 0.1) is 35.5 Å². The Morgan fingerprint density at radius 1 is 1.00 bits per heavy atom. The van der Waals surface area contributed by atoms with Crippen LogP contribution in [-0.4, -0.2) is 23.4 Å². The Morgan fingerprint density at radius 3 is 2.21 bits per heavy atom. The molecule has 1 heterocycles. The van der Waals surface area contributed by atoms with Gasteiger partial charge in [0.15, 0.2) is 0 Å². The average molecular weight is 524 g/mol. The number of esters is 1. The van der Waals surface area contributed by atoms with Crippen molar-refractivity contribution in [2.24, 2.45) is 28.6 Å². The summed E-state index contributed by atoms with van der Waals surface area (Å²) in [6, 6.07) is 7.67. The third-order valence-corrected chi connectivity index (χ3v) is 7.69. The molecule has 4 heteroatoms. The Hall–Kier alpha value is -2.36. The molecule has 38 heavy (non-hydrogen) atoms. The molecular formula is C34H53NO3. The fraction of sp³-hybridized carbons (Fsp3) is 0.647. The van der Waals surface area contributed by atoms with Crippen LogP contribution in [0.5, 0.6) is 0 Å². The van der Waals surface area contributed by atoms with Crippen molar-refractivity contribution in [3.05, 3.63) is 41.6 Å². The molecule has 0 aliphatic heterocycles. The molecule has 0 bridgehead atoms. The lowest BCUT2D eigenvalue weighted by Gasteiger charge is -2.31. The van der Waals surface area contributed by atoms with E-state index in [2.05, 4.69) is 60.0 Å². The number of allylic oxidation sites excluding steroid dienone is 1. The number of hydrogen-bond donors (Lipinski definition) is 0. The summed E-state index contributed by atoms with van der Waals surface area (Å²) in [5.74, 6) is 1.29. The van der Waals surface area contributed by atoms with E-state index in [0.29, 0.717) is 36.2 Å². The number of carbonyl (C=O) groups is 2. The van der Waals surface area contributed by atoms with Crippen LogP contribution in [0.2, 0.25) is 0 Å². The molecule has 0 N–H and O–H groups in total. The molecule has 2 aromatic rings. The summed E-state index contributed by atoms with van der Waals surface area (Å²) in [5.41, 5.74) is 3.50. The molecule has 1 aromatic carbocycles. The van der Waals surface area contributed by atoms with Gasteiger partial charge in [0.25, 0.3) is 0 Å². The highest BCUT2D eigenvalue weighted by Gasteiger charge is 2.29. The summed E-state index contributed by atoms with van der Waals surface area (Å²) in [7, 11) is 0. The number of ether oxygens (including phenoxy) is 1. The highest BCUT2D eigenvalue weighted by atomic mass is 16.5. The summed E-state index contributed by atoms with van der Waals surface area (Å²) in [4.78, 5) is 24.6. The molecule has 0 aliphatic carbocycles. The largest absolute Gasteiger partial charge is 0.464 e. The fourth-order valence-corrected chi connectivity index (χ4v) is 6.22. The first-order valence-corrected chi connectivity index (χ1v) is 14.6. The minimum atomic E-state index is -0.406. The van der Waals surface area contributed by atoms with E-state index in [-0.39, 0.29) is 11.4 Å². The van der Waals surface area contributed by atoms with Gasteiger partial charge < -0.3 is 9.30 Å². The second-order valence-corrected chi connectivity index (χ2v) is 13.9. The number of nitrogens with zero attached hydrogens (tertiary/aromatic N) is 1. The predicted molar refractivity (Wildman–Crippen MR) is 161 cm³/mol. The van der Waals surface area contributed by atoms with E-state index in [1.807, 2.05) is 44.2 Å². The Morgan fingerprint density at radius 2 is 1.63 bits per heavy atom. The first kappa shape index (κ1) is 31.9. The van der Waals surface area contributed by atoms with Crippen LogP contribution in [0.3, 0.4) is 0 Å². The van der Waals surface area contributed by atoms with E-state index in [1.54, 1.807) is 0 Å². The molecule has 4 nitrogen and oxygen atoms in total. The molecule has 4 unspecified atom stereocenters. The molecule has 0 fully saturated rings. The predicted octanol–water partition coefficient (Wildman–Crippen LogP) is 9.20. The standard InChI is InChI=1S/C34H53NO3/c1-11-30(35-26(4)28(16-14-20-36)29-15-12-13-17-31(29)35)32(37)38-23-27(25(3)22-34(8,9)10)19-18-24(2)21-33(5,6)7/h12-17,20,24-25,27,30H,11,18-19,21-23H2,1-10H3. The van der Waals surface area contributed by atoms with Gasteiger partial charge in [0.05, 0.1) is 6.61 Å². The summed E-state index contributed by atoms with van der Waals surface area (Å²) < 4.78 is 8.24. The second-order valence-electron chi connectivity index (χ2n) is 13.9. The van der Waals surface area contributed by atoms with Crippen molar-refractivity contribution in [2.75, 3.05) is 6.61 Å². The number of rotatable bonds is 13. The molecule has 0 saturated heterocycles. The van der Waals surface area contributed by atoms with Crippen molar-refractivity contribution in [1.82, 2.24) is 4.57 Å². The Bertz CT molecular complexity index is 1080. The topological polar surface area (TPSA) is 48.3 Å². The van der Waals surface area contributed by atoms with Gasteiger partial charge in [0.2, 0.25) is 0 Å². The summed E-state index contributed by atoms with van der Waals surface area (Å²) in [6.07, 6.45) is 9.31. The molecule has 0 saturated carbocycles. The molecule has 0 radical (unpaired) electrons. The SMILES string of the molecule is CCC(C(=O)OCC(CCC(C)CC(C)(C)C)C(C)CC(C)(C)C)n1c(C)c(C=CC=O)c2ccccc21. The van der Waals surface area contributed by atoms with Crippen LogP contribution in [0.15, 0.2) is 30.3 Å². The van der Waals surface area contributed by atoms with E-state index in [9.17, 15) is 9.59 Å². The van der Waals surface area contributed by atoms with Crippen molar-refractivity contribution >= 4 is 29.2 Å². The van der Waals surface area contributed by atoms with Gasteiger partial charge in [0, 0.05) is 22.2 Å². The number of hydrogen-bond acceptors (Lipinski definition) is 3. The summed E-state index contributed by atoms with van der Waals surface area (Å²) >= 11 is 0. The normalized spacial score (nSPS) is 15.9. The Kier molecular flexibility index (Phi) is 11.4. The zero-order valence-electron chi connectivity index (χ0n) is 25.8. The maximum absolute atomic E-state index is 13.6. The van der Waals surface area contributed by atoms with Gasteiger partial charge in [0.1, 0.15) is 12.3 Å². The van der Waals surface area contributed by atoms with Gasteiger partial charge in [-0.1, -0.05) is 86.9 Å². The van der Waals surface area contributed by atoms with Crippen LogP contribution >= 0.6 is 0 Å². The van der Waals surface area contributed by atoms with Crippen LogP contribution in [0.25, 0.3) is 17.0 Å². The minimum absolute atomic E-state index is 0.169. The number of fused-ring (bicyclic) bond motifs is 1. The molecule has 212 valence electrons. The highest BCUT2D eigenvalue weighted by molar-refractivity contribution is 5.94. The first-order valence-electron chi connectivity index (χ1n) is 14.6. The van der Waals surface area contributed by atoms with Gasteiger partial charge in [-0.2, -0.15) is 0 Å². The van der Waals surface area contributed by atoms with E-state index < -0.39 is 6.04 Å². The molecule has 2 rings (SSSR count). The maximum Gasteiger partial charge on any atom is 0.329 e. The zero-order chi connectivity index (χ0) is 28.7. The van der Waals surface area contributed by atoms with Crippen molar-refractivity contribution in [3.8, 4) is 0 Å². The smallest absolute Gasteiger partial charge is 0.329 e. The number of aldehydes is 1. The minimum Gasteiger partial charge on any atom is -0.464 e. The monoisotopic (exact) mass is 523 g/mol. The maximum atomic E-state index is 13.6. The number of benzene rings is 1. The van der Waals surface area contributed by atoms with Gasteiger partial charge in [-0.15, -0.1) is 0 Å². The Labute approximate surface area is 232 Å². The molecule has 4 atom stereocenters. The highest BCUT2D eigenvalue weighted by Crippen LogP contribution is 2.35. The zero-order valence-corrected chi connectivity index (χ0v) is 25.8. The third-order valence-electron chi connectivity index (χ3n) is 7.69. The number of carbonyl (C=O) groups excluding carboxylic acids is 2. The number of aromatic nitrogens is 1. The average Bonchev–Trinajstić information content (AvgIpc) is 3.07. The summed E-state index contributed by atoms with van der Waals surface area (Å²) in [5, 5.41) is 1.04. The van der Waals surface area contributed by atoms with Gasteiger partial charge in [-0.05, 0) is 79.4 Å². The Balaban J connectivity index is 2.26. The quantitative estimate of drug-likeness (QED) is 0.149. The molecule has 0 amide bonds. The van der Waals surface area contributed by atoms with E-state index in [1.165, 1.54) is 12.5 Å². The van der Waals surface area contributed by atoms with E-state index in [0.717, 1.165) is 47.7 Å². The van der Waals surface area contributed by atoms with Gasteiger partial charge in [-0.3, -0.25) is 4.79 Å². The summed E-state index contributed by atoms with van der Waals surface area (Å²) in [6.45, 7) is 23.0. The van der Waals surface area contributed by atoms with Gasteiger partial charge >= 0.3 is 5.97 Å². The van der Waals surface area contributed by atoms with Crippen LogP contribution in [-0.2, 0) is 14.3 Å². The molecule has 0 aliphatic rings. The van der Waals surface area contributed by atoms with Crippen molar-refractivity contribution in [1.29, 1.82) is 0 Å². The number of para-hydroxylation sites is 1. The molecule has 0 spiro atoms. The van der Waals surface area contributed by atoms with E-state index >= 15 is 0 Å². The second kappa shape index (κ2) is 13.6. The van der Waals surface area contributed by atoms with Crippen LogP contribution in [0.4, 0.5) is 0 Å². The first-order chi connectivity index (χ1) is 17.7. The molecular weight excluding hydrogens is 470 g/mol. The van der Waals surface area contributed by atoms with Gasteiger partial charge in [-0.25, -0.2) is 4.79 Å². The fourth-order valence-electron chi connectivity index (χ4n) is 6.22. The van der Waals surface area contributed by atoms with Crippen molar-refractivity contribution in [2.45, 2.75) is 107 Å². The van der Waals surface area contributed by atoms with E-state index in [4.69, 9.17) is 4.74 Å². The van der Waals surface area contributed by atoms with Crippen LogP contribution in [0.1, 0.15) is 112 Å². The lowest BCUT2D eigenvalue weighted by molar-refractivity contribution is -0.150. The van der Waals surface area contributed by atoms with Crippen molar-refractivity contribution in [3.63, 3.8) is 0 Å². The lowest BCUT2D eigenvalue weighted by atomic mass is 9.76. The lowest BCUT2D eigenvalue weighted by Crippen LogP contribution is -2.28.